The van der Waals surface area contributed by atoms with Crippen molar-refractivity contribution in [3.63, 3.8) is 0 Å². The van der Waals surface area contributed by atoms with Crippen molar-refractivity contribution >= 4 is 11.4 Å². The molecule has 0 atom stereocenters. The minimum atomic E-state index is -0.430. The molecule has 118 valence electrons. The smallest absolute Gasteiger partial charge is 0.144 e. The fourth-order valence-corrected chi connectivity index (χ4v) is 2.74. The Balaban J connectivity index is 2.11. The molecule has 1 aromatic rings. The molecule has 1 aromatic carbocycles. The molecule has 0 radical (unpaired) electrons. The first-order valence-electron chi connectivity index (χ1n) is 7.69. The van der Waals surface area contributed by atoms with Crippen LogP contribution in [0.15, 0.2) is 52.4 Å². The third-order valence-corrected chi connectivity index (χ3v) is 4.03. The first-order valence-corrected chi connectivity index (χ1v) is 7.69. The molecule has 0 amide bonds. The van der Waals surface area contributed by atoms with Crippen molar-refractivity contribution < 1.29 is 4.74 Å². The number of ether oxygens (including phenoxy) is 1. The molecule has 0 aliphatic carbocycles. The summed E-state index contributed by atoms with van der Waals surface area (Å²) in [5.41, 5.74) is 9.83. The number of nitrogens with two attached hydrogens (primary N) is 1. The number of allylic oxidation sites excluding steroid dienone is 1. The molecule has 0 aromatic heterocycles. The van der Waals surface area contributed by atoms with E-state index in [9.17, 15) is 5.26 Å². The lowest BCUT2D eigenvalue weighted by Crippen LogP contribution is -2.39. The molecule has 2 heterocycles. The summed E-state index contributed by atoms with van der Waals surface area (Å²) in [6.07, 6.45) is 2.84. The first kappa shape index (κ1) is 15.3. The second-order valence-electron chi connectivity index (χ2n) is 6.20. The molecule has 3 rings (SSSR count). The summed E-state index contributed by atoms with van der Waals surface area (Å²) in [4.78, 5) is 0. The number of anilines is 1. The van der Waals surface area contributed by atoms with Gasteiger partial charge in [0.15, 0.2) is 0 Å². The van der Waals surface area contributed by atoms with Gasteiger partial charge in [-0.2, -0.15) is 10.4 Å². The van der Waals surface area contributed by atoms with Crippen LogP contribution in [0, 0.1) is 11.3 Å². The van der Waals surface area contributed by atoms with Crippen molar-refractivity contribution in [3.05, 3.63) is 52.9 Å². The van der Waals surface area contributed by atoms with Crippen LogP contribution in [0.5, 0.6) is 0 Å². The van der Waals surface area contributed by atoms with Crippen molar-refractivity contribution in [1.29, 1.82) is 5.26 Å². The van der Waals surface area contributed by atoms with E-state index in [1.807, 2.05) is 38.1 Å². The lowest BCUT2D eigenvalue weighted by Gasteiger charge is -2.34. The number of nitrogens with zero attached hydrogens (tertiary/aromatic N) is 3. The van der Waals surface area contributed by atoms with Crippen LogP contribution in [-0.2, 0) is 11.2 Å². The van der Waals surface area contributed by atoms with E-state index < -0.39 is 5.60 Å². The molecule has 2 aliphatic heterocycles. The summed E-state index contributed by atoms with van der Waals surface area (Å²) in [7, 11) is 0. The maximum absolute atomic E-state index is 9.58. The monoisotopic (exact) mass is 308 g/mol. The lowest BCUT2D eigenvalue weighted by molar-refractivity contribution is 0.0409. The SMILES string of the molecule is CCc1cccc(N2N=C3COC(C)(C)C=C3C(C#N)=C2N)c1. The van der Waals surface area contributed by atoms with Gasteiger partial charge in [0, 0.05) is 5.57 Å². The molecular formula is C18H20N4O. The molecule has 0 saturated heterocycles. The molecule has 0 unspecified atom stereocenters. The van der Waals surface area contributed by atoms with Crippen LogP contribution in [0.3, 0.4) is 0 Å². The fourth-order valence-electron chi connectivity index (χ4n) is 2.74. The zero-order valence-corrected chi connectivity index (χ0v) is 13.6. The Morgan fingerprint density at radius 3 is 2.91 bits per heavy atom. The van der Waals surface area contributed by atoms with Crippen molar-refractivity contribution in [2.45, 2.75) is 32.8 Å². The highest BCUT2D eigenvalue weighted by Gasteiger charge is 2.33. The van der Waals surface area contributed by atoms with Crippen molar-refractivity contribution in [1.82, 2.24) is 0 Å². The Morgan fingerprint density at radius 1 is 1.43 bits per heavy atom. The minimum absolute atomic E-state index is 0.355. The van der Waals surface area contributed by atoms with Gasteiger partial charge in [-0.25, -0.2) is 5.01 Å². The van der Waals surface area contributed by atoms with Gasteiger partial charge >= 0.3 is 0 Å². The van der Waals surface area contributed by atoms with E-state index in [0.717, 1.165) is 23.4 Å². The zero-order valence-electron chi connectivity index (χ0n) is 13.6. The molecule has 0 bridgehead atoms. The number of hydrogen-bond donors (Lipinski definition) is 1. The molecule has 0 fully saturated rings. The molecule has 5 heteroatoms. The van der Waals surface area contributed by atoms with Gasteiger partial charge in [0.05, 0.1) is 23.6 Å². The van der Waals surface area contributed by atoms with E-state index in [-0.39, 0.29) is 0 Å². The van der Waals surface area contributed by atoms with Crippen LogP contribution in [0.1, 0.15) is 26.3 Å². The van der Waals surface area contributed by atoms with Gasteiger partial charge in [0.1, 0.15) is 17.5 Å². The highest BCUT2D eigenvalue weighted by Crippen LogP contribution is 2.32. The second-order valence-corrected chi connectivity index (χ2v) is 6.20. The van der Waals surface area contributed by atoms with Crippen LogP contribution < -0.4 is 10.7 Å². The molecule has 2 N–H and O–H groups in total. The van der Waals surface area contributed by atoms with Crippen LogP contribution in [0.25, 0.3) is 0 Å². The Morgan fingerprint density at radius 2 is 2.22 bits per heavy atom. The number of hydrazone groups is 1. The van der Waals surface area contributed by atoms with E-state index in [2.05, 4.69) is 24.2 Å². The van der Waals surface area contributed by atoms with E-state index in [1.165, 1.54) is 5.56 Å². The quantitative estimate of drug-likeness (QED) is 0.911. The van der Waals surface area contributed by atoms with Crippen LogP contribution in [-0.4, -0.2) is 17.9 Å². The topological polar surface area (TPSA) is 74.6 Å². The predicted molar refractivity (Wildman–Crippen MR) is 90.7 cm³/mol. The van der Waals surface area contributed by atoms with E-state index in [0.29, 0.717) is 18.0 Å². The normalized spacial score (nSPS) is 19.7. The average molecular weight is 308 g/mol. The van der Waals surface area contributed by atoms with Crippen molar-refractivity contribution in [2.24, 2.45) is 10.8 Å². The third-order valence-electron chi connectivity index (χ3n) is 4.03. The van der Waals surface area contributed by atoms with Crippen LogP contribution in [0.4, 0.5) is 5.69 Å². The van der Waals surface area contributed by atoms with Crippen LogP contribution in [0.2, 0.25) is 0 Å². The Kier molecular flexibility index (Phi) is 3.70. The second kappa shape index (κ2) is 5.56. The highest BCUT2D eigenvalue weighted by molar-refractivity contribution is 6.08. The van der Waals surface area contributed by atoms with Gasteiger partial charge in [0.2, 0.25) is 0 Å². The summed E-state index contributed by atoms with van der Waals surface area (Å²) in [6.45, 7) is 6.37. The Labute approximate surface area is 136 Å². The Hall–Kier alpha value is -2.58. The maximum atomic E-state index is 9.58. The molecule has 0 spiro atoms. The molecular weight excluding hydrogens is 288 g/mol. The fraction of sp³-hybridized carbons (Fsp3) is 0.333. The van der Waals surface area contributed by atoms with Crippen molar-refractivity contribution in [3.8, 4) is 6.07 Å². The summed E-state index contributed by atoms with van der Waals surface area (Å²) in [5.74, 6) is 0.355. The minimum Gasteiger partial charge on any atom is -0.383 e. The Bertz CT molecular complexity index is 780. The summed E-state index contributed by atoms with van der Waals surface area (Å²) >= 11 is 0. The van der Waals surface area contributed by atoms with E-state index in [4.69, 9.17) is 10.5 Å². The van der Waals surface area contributed by atoms with E-state index >= 15 is 0 Å². The highest BCUT2D eigenvalue weighted by atomic mass is 16.5. The number of hydrogen-bond acceptors (Lipinski definition) is 5. The predicted octanol–water partition coefficient (Wildman–Crippen LogP) is 2.85. The van der Waals surface area contributed by atoms with E-state index in [1.54, 1.807) is 5.01 Å². The van der Waals surface area contributed by atoms with Gasteiger partial charge in [-0.1, -0.05) is 19.1 Å². The number of benzene rings is 1. The lowest BCUT2D eigenvalue weighted by atomic mass is 9.92. The number of rotatable bonds is 2. The zero-order chi connectivity index (χ0) is 16.6. The molecule has 2 aliphatic rings. The summed E-state index contributed by atoms with van der Waals surface area (Å²) in [5, 5.41) is 15.8. The van der Waals surface area contributed by atoms with Gasteiger partial charge in [-0.3, -0.25) is 0 Å². The molecule has 5 nitrogen and oxygen atoms in total. The van der Waals surface area contributed by atoms with Gasteiger partial charge < -0.3 is 10.5 Å². The molecule has 23 heavy (non-hydrogen) atoms. The summed E-state index contributed by atoms with van der Waals surface area (Å²) < 4.78 is 5.79. The maximum Gasteiger partial charge on any atom is 0.144 e. The van der Waals surface area contributed by atoms with Crippen molar-refractivity contribution in [2.75, 3.05) is 11.6 Å². The standard InChI is InChI=1S/C18H20N4O/c1-4-12-6-5-7-13(8-12)22-17(20)15(10-19)14-9-18(2,3)23-11-16(14)21-22/h5-9H,4,11,20H2,1-3H3. The largest absolute Gasteiger partial charge is 0.383 e. The molecule has 0 saturated carbocycles. The third kappa shape index (κ3) is 2.73. The number of nitriles is 1. The first-order chi connectivity index (χ1) is 10.9. The van der Waals surface area contributed by atoms with Crippen LogP contribution >= 0.6 is 0 Å². The van der Waals surface area contributed by atoms with Gasteiger partial charge in [-0.15, -0.1) is 0 Å². The van der Waals surface area contributed by atoms with Gasteiger partial charge in [0.25, 0.3) is 0 Å². The summed E-state index contributed by atoms with van der Waals surface area (Å²) in [6, 6.07) is 10.2. The van der Waals surface area contributed by atoms with Gasteiger partial charge in [-0.05, 0) is 44.0 Å². The number of fused-ring (bicyclic) bond motifs is 1. The average Bonchev–Trinajstić information content (AvgIpc) is 2.54. The number of aryl methyl sites for hydroxylation is 1.